The van der Waals surface area contributed by atoms with Crippen LogP contribution in [0.25, 0.3) is 90.9 Å². The molecule has 0 amide bonds. The molecule has 0 radical (unpaired) electrons. The fraction of sp³-hybridized carbons (Fsp3) is 0.154. The Hall–Kier alpha value is -6.76. The molecule has 5 atom stereocenters. The summed E-state index contributed by atoms with van der Waals surface area (Å²) in [5.74, 6) is 0. The molecule has 7 aromatic rings. The van der Waals surface area contributed by atoms with Gasteiger partial charge in [-0.05, 0) is 95.1 Å². The normalized spacial score (nSPS) is 19.8. The van der Waals surface area contributed by atoms with Crippen molar-refractivity contribution >= 4 is 52.1 Å². The zero-order valence-electron chi connectivity index (χ0n) is 34.2. The number of hydrogen-bond donors (Lipinski definition) is 6. The molecule has 6 N–H and O–H groups in total. The Morgan fingerprint density at radius 1 is 0.452 bits per heavy atom. The van der Waals surface area contributed by atoms with E-state index in [9.17, 15) is 20.4 Å². The lowest BCUT2D eigenvalue weighted by atomic mass is 9.97. The summed E-state index contributed by atoms with van der Waals surface area (Å²) < 4.78 is 5.83. The van der Waals surface area contributed by atoms with E-state index in [-0.39, 0.29) is 11.0 Å². The van der Waals surface area contributed by atoms with Crippen molar-refractivity contribution in [1.82, 2.24) is 24.4 Å². The number of aliphatic hydroxyl groups is 4. The van der Waals surface area contributed by atoms with Crippen LogP contribution in [-0.2, 0) is 4.74 Å². The van der Waals surface area contributed by atoms with Gasteiger partial charge in [0, 0.05) is 44.3 Å². The Kier molecular flexibility index (Phi) is 10.1. The predicted octanol–water partition coefficient (Wildman–Crippen LogP) is 8.69. The average Bonchev–Trinajstić information content (AvgIpc) is 4.14. The molecule has 1 fully saturated rings. The van der Waals surface area contributed by atoms with E-state index in [1.54, 1.807) is 0 Å². The van der Waals surface area contributed by atoms with Gasteiger partial charge in [0.25, 0.3) is 0 Å². The summed E-state index contributed by atoms with van der Waals surface area (Å²) in [4.78, 5) is 18.4. The zero-order valence-corrected chi connectivity index (χ0v) is 34.2. The summed E-state index contributed by atoms with van der Waals surface area (Å²) in [5.41, 5.74) is 15.7. The molecule has 3 aliphatic heterocycles. The van der Waals surface area contributed by atoms with E-state index in [2.05, 4.69) is 119 Å². The highest BCUT2D eigenvalue weighted by molar-refractivity contribution is 5.99. The quantitative estimate of drug-likeness (QED) is 0.0882. The van der Waals surface area contributed by atoms with Crippen LogP contribution in [0.5, 0.6) is 0 Å². The monoisotopic (exact) mass is 820 g/mol. The first kappa shape index (κ1) is 39.4. The molecule has 0 spiro atoms. The van der Waals surface area contributed by atoms with Crippen molar-refractivity contribution in [3.8, 4) is 44.5 Å². The summed E-state index contributed by atoms with van der Waals surface area (Å²) in [6, 6.07) is 47.7. The van der Waals surface area contributed by atoms with Gasteiger partial charge in [0.1, 0.15) is 36.6 Å². The summed E-state index contributed by atoms with van der Waals surface area (Å²) in [5, 5.41) is 41.4. The Morgan fingerprint density at radius 2 is 0.806 bits per heavy atom. The molecule has 308 valence electrons. The van der Waals surface area contributed by atoms with E-state index >= 15 is 0 Å². The van der Waals surface area contributed by atoms with Gasteiger partial charge in [0.2, 0.25) is 0 Å². The van der Waals surface area contributed by atoms with Crippen molar-refractivity contribution in [2.45, 2.75) is 30.7 Å². The number of likely N-dealkylation sites (N-methyl/N-ethyl adjacent to an activating group) is 1. The second-order valence-corrected chi connectivity index (χ2v) is 16.6. The number of benzene rings is 4. The summed E-state index contributed by atoms with van der Waals surface area (Å²) >= 11 is 0. The summed E-state index contributed by atoms with van der Waals surface area (Å²) in [6.07, 6.45) is 1.35. The second-order valence-electron chi connectivity index (χ2n) is 16.6. The number of aromatic nitrogens is 4. The Bertz CT molecular complexity index is 2980. The molecular weight excluding hydrogens is 775 g/mol. The largest absolute Gasteiger partial charge is 0.387 e. The standard InChI is InChI=1S/C52H46N5O5/c1-57(2,30-44-49(58)50(59)51(60)52(61)62-44)35-20-18-34(19-21-35)48-42-28-26-40(55-42)46(32-14-8-4-9-15-32)38-24-22-36(53-38)45(31-12-6-3-7-13-31)37-23-25-39(54-37)47(33-16-10-5-11-17-33)41-27-29-43(48)56-41/h3-29,44,49-53,56,58-61H,30H2,1-2H3/q+1/t44-,49+,50+,51-,52?/m1/s1. The van der Waals surface area contributed by atoms with Crippen LogP contribution in [0.4, 0.5) is 5.69 Å². The molecule has 6 heterocycles. The number of nitrogens with zero attached hydrogens (tertiary/aromatic N) is 3. The number of nitrogens with one attached hydrogen (secondary N) is 2. The van der Waals surface area contributed by atoms with Crippen molar-refractivity contribution in [1.29, 1.82) is 0 Å². The van der Waals surface area contributed by atoms with E-state index in [4.69, 9.17) is 14.7 Å². The molecule has 0 saturated carbocycles. The molecule has 62 heavy (non-hydrogen) atoms. The lowest BCUT2D eigenvalue weighted by molar-refractivity contribution is -0.282. The van der Waals surface area contributed by atoms with Gasteiger partial charge < -0.3 is 35.1 Å². The lowest BCUT2D eigenvalue weighted by Crippen LogP contribution is -2.62. The van der Waals surface area contributed by atoms with Crippen molar-refractivity contribution in [2.75, 3.05) is 20.6 Å². The molecule has 10 heteroatoms. The van der Waals surface area contributed by atoms with Gasteiger partial charge >= 0.3 is 0 Å². The number of hydrogen-bond acceptors (Lipinski definition) is 7. The van der Waals surface area contributed by atoms with Crippen molar-refractivity contribution in [2.24, 2.45) is 0 Å². The SMILES string of the molecule is C[N+](C)(C[C@H]1OC(O)[C@H](O)[C@@H](O)[C@H]1O)c1ccc(-c2c3nc(c(-c4ccccc4)c4ccc([nH]4)c(-c4ccccc4)c4nc(c(-c5ccccc5)c5ccc2[nH]5)C=C4)C=C3)cc1. The minimum absolute atomic E-state index is 0.227. The van der Waals surface area contributed by atoms with Gasteiger partial charge in [-0.15, -0.1) is 0 Å². The maximum atomic E-state index is 10.7. The van der Waals surface area contributed by atoms with Gasteiger partial charge in [0.15, 0.2) is 6.29 Å². The predicted molar refractivity (Wildman–Crippen MR) is 248 cm³/mol. The van der Waals surface area contributed by atoms with Crippen LogP contribution in [0.1, 0.15) is 22.8 Å². The van der Waals surface area contributed by atoms with Crippen molar-refractivity contribution in [3.63, 3.8) is 0 Å². The third-order valence-electron chi connectivity index (χ3n) is 12.1. The van der Waals surface area contributed by atoms with Gasteiger partial charge in [-0.25, -0.2) is 9.97 Å². The highest BCUT2D eigenvalue weighted by Gasteiger charge is 2.45. The van der Waals surface area contributed by atoms with Gasteiger partial charge in [-0.1, -0.05) is 91.0 Å². The molecule has 1 unspecified atom stereocenters. The summed E-state index contributed by atoms with van der Waals surface area (Å²) in [7, 11) is 3.93. The Morgan fingerprint density at radius 3 is 1.18 bits per heavy atom. The maximum Gasteiger partial charge on any atom is 0.184 e. The number of aromatic amines is 2. The molecule has 10 nitrogen and oxygen atoms in total. The molecule has 8 bridgehead atoms. The molecule has 1 saturated heterocycles. The third kappa shape index (κ3) is 7.18. The van der Waals surface area contributed by atoms with E-state index in [0.29, 0.717) is 0 Å². The van der Waals surface area contributed by atoms with Crippen LogP contribution in [0.15, 0.2) is 140 Å². The highest BCUT2D eigenvalue weighted by Crippen LogP contribution is 2.39. The Balaban J connectivity index is 1.21. The van der Waals surface area contributed by atoms with E-state index in [1.165, 1.54) is 0 Å². The molecular formula is C52H46N5O5+. The first-order valence-electron chi connectivity index (χ1n) is 20.8. The smallest absolute Gasteiger partial charge is 0.184 e. The topological polar surface area (TPSA) is 148 Å². The van der Waals surface area contributed by atoms with Crippen LogP contribution in [0.3, 0.4) is 0 Å². The number of fused-ring (bicyclic) bond motifs is 8. The first-order valence-corrected chi connectivity index (χ1v) is 20.8. The summed E-state index contributed by atoms with van der Waals surface area (Å²) in [6.45, 7) is 0.227. The second kappa shape index (κ2) is 15.9. The van der Waals surface area contributed by atoms with Crippen LogP contribution in [0, 0.1) is 0 Å². The molecule has 0 aliphatic carbocycles. The maximum absolute atomic E-state index is 10.7. The van der Waals surface area contributed by atoms with Crippen LogP contribution in [-0.4, -0.2) is 91.7 Å². The van der Waals surface area contributed by atoms with Crippen LogP contribution >= 0.6 is 0 Å². The van der Waals surface area contributed by atoms with Crippen molar-refractivity contribution < 1.29 is 25.2 Å². The number of H-pyrrole nitrogens is 2. The zero-order chi connectivity index (χ0) is 42.5. The van der Waals surface area contributed by atoms with Gasteiger partial charge in [0.05, 0.1) is 36.9 Å². The van der Waals surface area contributed by atoms with E-state index in [0.717, 1.165) is 95.0 Å². The minimum Gasteiger partial charge on any atom is -0.387 e. The molecule has 3 aromatic heterocycles. The molecule has 3 aliphatic rings. The van der Waals surface area contributed by atoms with Crippen molar-refractivity contribution in [3.05, 3.63) is 162 Å². The lowest BCUT2D eigenvalue weighted by Gasteiger charge is -2.41. The fourth-order valence-electron chi connectivity index (χ4n) is 8.90. The van der Waals surface area contributed by atoms with Crippen LogP contribution in [0.2, 0.25) is 0 Å². The molecule has 4 aromatic carbocycles. The third-order valence-corrected chi connectivity index (χ3v) is 12.1. The highest BCUT2D eigenvalue weighted by atomic mass is 16.6. The number of rotatable bonds is 7. The first-order chi connectivity index (χ1) is 30.1. The minimum atomic E-state index is -1.60. The molecule has 10 rings (SSSR count). The number of ether oxygens (including phenoxy) is 1. The number of aliphatic hydroxyl groups excluding tert-OH is 4. The van der Waals surface area contributed by atoms with Crippen LogP contribution < -0.4 is 4.48 Å². The average molecular weight is 821 g/mol. The number of quaternary nitrogens is 1. The van der Waals surface area contributed by atoms with E-state index < -0.39 is 30.7 Å². The van der Waals surface area contributed by atoms with E-state index in [1.807, 2.05) is 68.7 Å². The van der Waals surface area contributed by atoms with Gasteiger partial charge in [-0.3, -0.25) is 4.48 Å². The van der Waals surface area contributed by atoms with Gasteiger partial charge in [-0.2, -0.15) is 0 Å². The fourth-order valence-corrected chi connectivity index (χ4v) is 8.90. The Labute approximate surface area is 358 Å².